The number of nitrogens with zero attached hydrogens (tertiary/aromatic N) is 2. The van der Waals surface area contributed by atoms with Gasteiger partial charge in [0, 0.05) is 30.8 Å². The lowest BCUT2D eigenvalue weighted by atomic mass is 9.72. The Morgan fingerprint density at radius 2 is 1.82 bits per heavy atom. The molecule has 3 aliphatic heterocycles. The first kappa shape index (κ1) is 30.6. The van der Waals surface area contributed by atoms with Crippen LogP contribution in [0.4, 0.5) is 5.69 Å². The Morgan fingerprint density at radius 3 is 2.51 bits per heavy atom. The van der Waals surface area contributed by atoms with Gasteiger partial charge in [-0.05, 0) is 48.9 Å². The molecule has 3 amide bonds. The molecule has 0 saturated heterocycles. The maximum absolute atomic E-state index is 14.2. The Balaban J connectivity index is 1.61. The van der Waals surface area contributed by atoms with E-state index in [0.717, 1.165) is 22.4 Å². The number of oxazole rings is 1. The summed E-state index contributed by atoms with van der Waals surface area (Å²) in [7, 11) is 0. The van der Waals surface area contributed by atoms with Crippen LogP contribution in [-0.4, -0.2) is 64.2 Å². The number of aliphatic hydroxyl groups excluding tert-OH is 1. The summed E-state index contributed by atoms with van der Waals surface area (Å²) in [5, 5.41) is 19.8. The van der Waals surface area contributed by atoms with Gasteiger partial charge >= 0.3 is 0 Å². The normalized spacial score (nSPS) is 23.6. The van der Waals surface area contributed by atoms with Crippen LogP contribution in [0.3, 0.4) is 0 Å². The number of rotatable bonds is 7. The second kappa shape index (κ2) is 11.5. The van der Waals surface area contributed by atoms with Crippen LogP contribution < -0.4 is 20.7 Å². The van der Waals surface area contributed by atoms with Crippen LogP contribution in [0.5, 0.6) is 5.75 Å². The molecule has 0 aliphatic carbocycles. The fraction of sp³-hybridized carbons (Fsp3) is 0.471. The molecule has 6 rings (SSSR count). The van der Waals surface area contributed by atoms with Gasteiger partial charge in [-0.1, -0.05) is 58.0 Å². The molecule has 11 heteroatoms. The summed E-state index contributed by atoms with van der Waals surface area (Å²) in [5.74, 6) is -0.707. The summed E-state index contributed by atoms with van der Waals surface area (Å²) in [4.78, 5) is 47.6. The molecule has 11 nitrogen and oxygen atoms in total. The van der Waals surface area contributed by atoms with Crippen molar-refractivity contribution >= 4 is 23.4 Å². The van der Waals surface area contributed by atoms with Crippen molar-refractivity contribution in [2.75, 3.05) is 18.4 Å². The zero-order chi connectivity index (χ0) is 32.2. The van der Waals surface area contributed by atoms with Crippen molar-refractivity contribution in [3.8, 4) is 5.75 Å². The molecule has 0 radical (unpaired) electrons. The topological polar surface area (TPSA) is 146 Å². The van der Waals surface area contributed by atoms with Crippen molar-refractivity contribution < 1.29 is 28.6 Å². The predicted octanol–water partition coefficient (Wildman–Crippen LogP) is 3.51. The molecule has 1 aromatic heterocycles. The Morgan fingerprint density at radius 1 is 1.09 bits per heavy atom. The number of aromatic nitrogens is 1. The highest BCUT2D eigenvalue weighted by Gasteiger charge is 2.61. The van der Waals surface area contributed by atoms with Crippen molar-refractivity contribution in [3.05, 3.63) is 76.5 Å². The van der Waals surface area contributed by atoms with Crippen LogP contribution in [0.2, 0.25) is 0 Å². The molecule has 3 aromatic rings. The number of hydrogen-bond donors (Lipinski definition) is 4. The van der Waals surface area contributed by atoms with Gasteiger partial charge in [0.25, 0.3) is 5.91 Å². The number of nitrogens with one attached hydrogen (secondary N) is 3. The van der Waals surface area contributed by atoms with E-state index in [9.17, 15) is 19.5 Å². The smallest absolute Gasteiger partial charge is 0.276 e. The third kappa shape index (κ3) is 4.84. The maximum Gasteiger partial charge on any atom is 0.276 e. The molecule has 4 N–H and O–H groups in total. The average molecular weight is 616 g/mol. The second-order valence-electron chi connectivity index (χ2n) is 12.7. The van der Waals surface area contributed by atoms with Crippen LogP contribution in [-0.2, 0) is 21.4 Å². The van der Waals surface area contributed by atoms with Crippen molar-refractivity contribution in [1.29, 1.82) is 0 Å². The summed E-state index contributed by atoms with van der Waals surface area (Å²) in [6.45, 7) is 12.1. The summed E-state index contributed by atoms with van der Waals surface area (Å²) < 4.78 is 13.3. The Hall–Kier alpha value is -4.38. The van der Waals surface area contributed by atoms with E-state index in [0.29, 0.717) is 24.6 Å². The van der Waals surface area contributed by atoms with Crippen LogP contribution in [0.15, 0.2) is 46.9 Å². The fourth-order valence-electron chi connectivity index (χ4n) is 6.67. The minimum absolute atomic E-state index is 0.161. The number of fused-ring (bicyclic) bond motifs is 4. The van der Waals surface area contributed by atoms with Crippen molar-refractivity contribution in [2.45, 2.75) is 77.8 Å². The van der Waals surface area contributed by atoms with Gasteiger partial charge in [0.05, 0.1) is 0 Å². The van der Waals surface area contributed by atoms with Crippen LogP contribution in [0, 0.1) is 11.8 Å². The van der Waals surface area contributed by atoms with Gasteiger partial charge in [0.15, 0.2) is 17.7 Å². The Labute approximate surface area is 262 Å². The van der Waals surface area contributed by atoms with Crippen LogP contribution in [0.25, 0.3) is 0 Å². The summed E-state index contributed by atoms with van der Waals surface area (Å²) in [6, 6.07) is 11.8. The Kier molecular flexibility index (Phi) is 7.84. The zero-order valence-electron chi connectivity index (χ0n) is 26.5. The molecule has 1 spiro atoms. The van der Waals surface area contributed by atoms with E-state index < -0.39 is 41.6 Å². The molecule has 4 bridgehead atoms. The molecular formula is C34H41N5O6. The van der Waals surface area contributed by atoms with E-state index >= 15 is 0 Å². The van der Waals surface area contributed by atoms with E-state index in [4.69, 9.17) is 14.1 Å². The lowest BCUT2D eigenvalue weighted by Crippen LogP contribution is -2.52. The third-order valence-electron chi connectivity index (χ3n) is 9.20. The molecular weight excluding hydrogens is 574 g/mol. The SMILES string of the molecule is CCN(CC)C(=O)c1nc2oc1C13c4ccccc4N[C@H]1Oc1ccc(cc13)C[C@H](NC(=O)[C@@H](O)C(C)C)C(=O)N[C@H]2C(C)C. The summed E-state index contributed by atoms with van der Waals surface area (Å²) >= 11 is 0. The molecule has 3 aliphatic rings. The van der Waals surface area contributed by atoms with Gasteiger partial charge in [-0.3, -0.25) is 14.4 Å². The number of ether oxygens (including phenoxy) is 1. The standard InChI is InChI=1S/C34H41N5O6/c1-7-39(8-2)32(43)26-28-34-20-11-9-10-12-22(20)36-33(34)44-24-14-13-19(15-21(24)34)16-23(35-30(42)27(40)18(5)6)29(41)37-25(17(3)4)31(38-26)45-28/h9-15,17-18,23,25,27,33,36,40H,7-8,16H2,1-6H3,(H,35,42)(H,37,41)/t23-,25-,27-,33-,34?/m0/s1. The number of para-hydroxylation sites is 1. The monoisotopic (exact) mass is 615 g/mol. The third-order valence-corrected chi connectivity index (χ3v) is 9.20. The average Bonchev–Trinajstić information content (AvgIpc) is 3.68. The van der Waals surface area contributed by atoms with Crippen molar-refractivity contribution in [2.24, 2.45) is 11.8 Å². The predicted molar refractivity (Wildman–Crippen MR) is 167 cm³/mol. The molecule has 1 unspecified atom stereocenters. The van der Waals surface area contributed by atoms with E-state index in [1.807, 2.05) is 70.2 Å². The number of benzene rings is 2. The number of amides is 3. The number of hydrogen-bond acceptors (Lipinski definition) is 8. The van der Waals surface area contributed by atoms with Gasteiger partial charge in [0.2, 0.25) is 17.7 Å². The van der Waals surface area contributed by atoms with Crippen molar-refractivity contribution in [3.63, 3.8) is 0 Å². The van der Waals surface area contributed by atoms with E-state index in [1.165, 1.54) is 0 Å². The van der Waals surface area contributed by atoms with Gasteiger partial charge in [0.1, 0.15) is 29.4 Å². The van der Waals surface area contributed by atoms with Gasteiger partial charge in [-0.25, -0.2) is 4.98 Å². The highest BCUT2D eigenvalue weighted by atomic mass is 16.5. The van der Waals surface area contributed by atoms with Crippen LogP contribution in [0.1, 0.15) is 86.4 Å². The van der Waals surface area contributed by atoms with Gasteiger partial charge < -0.3 is 35.1 Å². The van der Waals surface area contributed by atoms with Gasteiger partial charge in [-0.2, -0.15) is 0 Å². The first-order valence-electron chi connectivity index (χ1n) is 15.8. The second-order valence-corrected chi connectivity index (χ2v) is 12.7. The molecule has 5 atom stereocenters. The fourth-order valence-corrected chi connectivity index (χ4v) is 6.67. The highest BCUT2D eigenvalue weighted by Crippen LogP contribution is 2.58. The maximum atomic E-state index is 14.2. The molecule has 2 aromatic carbocycles. The van der Waals surface area contributed by atoms with E-state index in [-0.39, 0.29) is 35.7 Å². The highest BCUT2D eigenvalue weighted by molar-refractivity contribution is 5.95. The van der Waals surface area contributed by atoms with Crippen LogP contribution >= 0.6 is 0 Å². The number of aliphatic hydroxyl groups is 1. The zero-order valence-corrected chi connectivity index (χ0v) is 26.5. The quantitative estimate of drug-likeness (QED) is 0.316. The van der Waals surface area contributed by atoms with Crippen molar-refractivity contribution in [1.82, 2.24) is 20.5 Å². The molecule has 0 fully saturated rings. The molecule has 45 heavy (non-hydrogen) atoms. The van der Waals surface area contributed by atoms with E-state index in [1.54, 1.807) is 18.7 Å². The van der Waals surface area contributed by atoms with Gasteiger partial charge in [-0.15, -0.1) is 0 Å². The largest absolute Gasteiger partial charge is 0.469 e. The number of anilines is 1. The number of carbonyl (C=O) groups excluding carboxylic acids is 3. The minimum atomic E-state index is -1.28. The lowest BCUT2D eigenvalue weighted by molar-refractivity contribution is -0.135. The van der Waals surface area contributed by atoms with E-state index in [2.05, 4.69) is 16.0 Å². The lowest BCUT2D eigenvalue weighted by Gasteiger charge is -2.29. The summed E-state index contributed by atoms with van der Waals surface area (Å²) in [5.41, 5.74) is 2.37. The first-order valence-corrected chi connectivity index (χ1v) is 15.8. The number of carbonyl (C=O) groups is 3. The minimum Gasteiger partial charge on any atom is -0.469 e. The molecule has 4 heterocycles. The summed E-state index contributed by atoms with van der Waals surface area (Å²) in [6.07, 6.45) is -1.74. The Bertz CT molecular complexity index is 1650. The molecule has 238 valence electrons. The molecule has 0 saturated carbocycles. The first-order chi connectivity index (χ1) is 21.5.